The largest absolute Gasteiger partial charge is 0.411 e. The molecule has 1 amide bonds. The minimum absolute atomic E-state index is 0. The minimum atomic E-state index is -0.258. The van der Waals surface area contributed by atoms with E-state index in [1.54, 1.807) is 4.90 Å². The Morgan fingerprint density at radius 3 is 3.00 bits per heavy atom. The number of likely N-dealkylation sites (tertiary alicyclic amines) is 1. The zero-order valence-corrected chi connectivity index (χ0v) is 13.0. The van der Waals surface area contributed by atoms with Crippen molar-refractivity contribution >= 4 is 24.5 Å². The van der Waals surface area contributed by atoms with Gasteiger partial charge < -0.3 is 20.2 Å². The van der Waals surface area contributed by atoms with E-state index in [0.717, 1.165) is 25.7 Å². The van der Waals surface area contributed by atoms with Crippen LogP contribution in [0.4, 0.5) is 0 Å². The van der Waals surface area contributed by atoms with Crippen molar-refractivity contribution in [2.24, 2.45) is 11.1 Å². The van der Waals surface area contributed by atoms with Crippen LogP contribution in [0.1, 0.15) is 25.7 Å². The first-order chi connectivity index (χ1) is 10.2. The van der Waals surface area contributed by atoms with Gasteiger partial charge in [0.05, 0.1) is 31.0 Å². The molecule has 122 valence electrons. The summed E-state index contributed by atoms with van der Waals surface area (Å²) < 4.78 is 5.62. The Morgan fingerprint density at radius 1 is 1.55 bits per heavy atom. The van der Waals surface area contributed by atoms with Gasteiger partial charge in [-0.3, -0.25) is 4.79 Å². The van der Waals surface area contributed by atoms with E-state index in [2.05, 4.69) is 16.5 Å². The number of hydrogen-bond acceptors (Lipinski definition) is 6. The van der Waals surface area contributed by atoms with Gasteiger partial charge in [-0.05, 0) is 31.6 Å². The van der Waals surface area contributed by atoms with Gasteiger partial charge in [0.25, 0.3) is 0 Å². The second kappa shape index (κ2) is 7.27. The molecule has 2 saturated heterocycles. The average Bonchev–Trinajstić information content (AvgIpc) is 3.21. The van der Waals surface area contributed by atoms with E-state index in [4.69, 9.17) is 15.2 Å². The summed E-state index contributed by atoms with van der Waals surface area (Å²) in [6.07, 6.45) is 4.87. The lowest BCUT2D eigenvalue weighted by Gasteiger charge is -2.31. The SMILES string of the molecule is Cl.N#C[C@@H]1CCCN1C(=O)[C@H]1N[C@@H]2C[C@H]1C[C@H]2OCC=NO. The van der Waals surface area contributed by atoms with Crippen LogP contribution in [0, 0.1) is 17.2 Å². The Bertz CT molecular complexity index is 481. The van der Waals surface area contributed by atoms with Gasteiger partial charge in [0.2, 0.25) is 5.91 Å². The highest BCUT2D eigenvalue weighted by Crippen LogP contribution is 2.38. The second-order valence-corrected chi connectivity index (χ2v) is 5.97. The van der Waals surface area contributed by atoms with Crippen LogP contribution in [0.25, 0.3) is 0 Å². The number of nitriles is 1. The molecule has 0 aromatic rings. The van der Waals surface area contributed by atoms with E-state index in [9.17, 15) is 4.79 Å². The first-order valence-electron chi connectivity index (χ1n) is 7.48. The molecule has 1 aliphatic carbocycles. The topological polar surface area (TPSA) is 98.0 Å². The summed E-state index contributed by atoms with van der Waals surface area (Å²) >= 11 is 0. The molecule has 0 aromatic carbocycles. The lowest BCUT2D eigenvalue weighted by molar-refractivity contribution is -0.135. The monoisotopic (exact) mass is 328 g/mol. The maximum Gasteiger partial charge on any atom is 0.241 e. The maximum absolute atomic E-state index is 12.6. The highest BCUT2D eigenvalue weighted by molar-refractivity contribution is 5.85. The number of halogens is 1. The fraction of sp³-hybridized carbons (Fsp3) is 0.786. The fourth-order valence-electron chi connectivity index (χ4n) is 3.85. The predicted octanol–water partition coefficient (Wildman–Crippen LogP) is 0.518. The van der Waals surface area contributed by atoms with Crippen LogP contribution in [0.5, 0.6) is 0 Å². The summed E-state index contributed by atoms with van der Waals surface area (Å²) in [6, 6.07) is 1.97. The number of carbonyl (C=O) groups is 1. The third-order valence-corrected chi connectivity index (χ3v) is 4.82. The lowest BCUT2D eigenvalue weighted by atomic mass is 9.97. The van der Waals surface area contributed by atoms with Crippen LogP contribution in [-0.4, -0.2) is 59.6 Å². The van der Waals surface area contributed by atoms with E-state index in [-0.39, 0.29) is 55.1 Å². The van der Waals surface area contributed by atoms with E-state index in [1.165, 1.54) is 6.21 Å². The number of hydrogen-bond donors (Lipinski definition) is 2. The van der Waals surface area contributed by atoms with Gasteiger partial charge in [-0.15, -0.1) is 12.4 Å². The normalized spacial score (nSPS) is 36.5. The van der Waals surface area contributed by atoms with Gasteiger partial charge in [-0.2, -0.15) is 5.26 Å². The van der Waals surface area contributed by atoms with E-state index >= 15 is 0 Å². The van der Waals surface area contributed by atoms with Gasteiger partial charge in [-0.25, -0.2) is 0 Å². The molecule has 0 radical (unpaired) electrons. The van der Waals surface area contributed by atoms with Crippen molar-refractivity contribution in [3.05, 3.63) is 0 Å². The minimum Gasteiger partial charge on any atom is -0.411 e. The van der Waals surface area contributed by atoms with Crippen molar-refractivity contribution < 1.29 is 14.7 Å². The second-order valence-electron chi connectivity index (χ2n) is 5.97. The highest BCUT2D eigenvalue weighted by atomic mass is 35.5. The van der Waals surface area contributed by atoms with Crippen molar-refractivity contribution in [1.29, 1.82) is 5.26 Å². The van der Waals surface area contributed by atoms with Crippen LogP contribution >= 0.6 is 12.4 Å². The lowest BCUT2D eigenvalue weighted by Crippen LogP contribution is -2.53. The van der Waals surface area contributed by atoms with Crippen LogP contribution in [0.3, 0.4) is 0 Å². The predicted molar refractivity (Wildman–Crippen MR) is 81.1 cm³/mol. The summed E-state index contributed by atoms with van der Waals surface area (Å²) in [7, 11) is 0. The molecule has 2 aliphatic heterocycles. The number of nitrogens with one attached hydrogen (secondary N) is 1. The number of rotatable bonds is 4. The molecule has 3 rings (SSSR count). The third-order valence-electron chi connectivity index (χ3n) is 4.82. The highest BCUT2D eigenvalue weighted by Gasteiger charge is 2.50. The van der Waals surface area contributed by atoms with E-state index < -0.39 is 0 Å². The maximum atomic E-state index is 12.6. The molecule has 2 heterocycles. The van der Waals surface area contributed by atoms with Crippen molar-refractivity contribution in [1.82, 2.24) is 10.2 Å². The van der Waals surface area contributed by atoms with Gasteiger partial charge in [0, 0.05) is 12.6 Å². The van der Waals surface area contributed by atoms with Crippen molar-refractivity contribution in [3.63, 3.8) is 0 Å². The molecule has 5 atom stereocenters. The third kappa shape index (κ3) is 3.05. The van der Waals surface area contributed by atoms with Gasteiger partial charge in [0.15, 0.2) is 0 Å². The number of oxime groups is 1. The molecule has 22 heavy (non-hydrogen) atoms. The zero-order valence-electron chi connectivity index (χ0n) is 12.2. The summed E-state index contributed by atoms with van der Waals surface area (Å²) in [5.74, 6) is 0.348. The molecular weight excluding hydrogens is 308 g/mol. The number of ether oxygens (including phenoxy) is 1. The van der Waals surface area contributed by atoms with Gasteiger partial charge in [0.1, 0.15) is 6.04 Å². The molecule has 3 fully saturated rings. The number of fused-ring (bicyclic) bond motifs is 2. The molecule has 2 N–H and O–H groups in total. The Balaban J connectivity index is 0.00000176. The zero-order chi connectivity index (χ0) is 14.8. The molecule has 0 unspecified atom stereocenters. The van der Waals surface area contributed by atoms with Crippen LogP contribution < -0.4 is 5.32 Å². The van der Waals surface area contributed by atoms with Crippen LogP contribution in [0.15, 0.2) is 5.16 Å². The Kier molecular flexibility index (Phi) is 5.62. The van der Waals surface area contributed by atoms with Crippen molar-refractivity contribution in [2.75, 3.05) is 13.2 Å². The molecule has 8 heteroatoms. The van der Waals surface area contributed by atoms with E-state index in [0.29, 0.717) is 6.54 Å². The quantitative estimate of drug-likeness (QED) is 0.445. The molecule has 2 bridgehead atoms. The van der Waals surface area contributed by atoms with Gasteiger partial charge >= 0.3 is 0 Å². The Hall–Kier alpha value is -1.36. The van der Waals surface area contributed by atoms with Crippen molar-refractivity contribution in [3.8, 4) is 6.07 Å². The molecule has 0 aromatic heterocycles. The number of nitrogens with zero attached hydrogens (tertiary/aromatic N) is 3. The summed E-state index contributed by atoms with van der Waals surface area (Å²) in [5.41, 5.74) is 0. The molecular formula is C14H21ClN4O3. The first-order valence-corrected chi connectivity index (χ1v) is 7.48. The summed E-state index contributed by atoms with van der Waals surface area (Å²) in [5, 5.41) is 23.7. The number of piperidine rings is 1. The number of carbonyl (C=O) groups excluding carboxylic acids is 1. The average molecular weight is 329 g/mol. The molecule has 1 saturated carbocycles. The fourth-order valence-corrected chi connectivity index (χ4v) is 3.85. The van der Waals surface area contributed by atoms with Crippen LogP contribution in [0.2, 0.25) is 0 Å². The van der Waals surface area contributed by atoms with Crippen LogP contribution in [-0.2, 0) is 9.53 Å². The Labute approximate surface area is 135 Å². The standard InChI is InChI=1S/C14H20N4O3.ClH/c15-8-10-2-1-4-18(10)14(19)13-9-6-11(17-13)12(7-9)21-5-3-16-20;/h3,9-13,17,20H,1-2,4-7H2;1H/t9-,10-,11+,12+,13-;/m0./s1. The van der Waals surface area contributed by atoms with E-state index in [1.807, 2.05) is 0 Å². The Morgan fingerprint density at radius 2 is 2.36 bits per heavy atom. The molecule has 7 nitrogen and oxygen atoms in total. The van der Waals surface area contributed by atoms with Crippen molar-refractivity contribution in [2.45, 2.75) is 49.9 Å². The smallest absolute Gasteiger partial charge is 0.241 e. The number of amides is 1. The summed E-state index contributed by atoms with van der Waals surface area (Å²) in [4.78, 5) is 14.3. The summed E-state index contributed by atoms with van der Waals surface area (Å²) in [6.45, 7) is 0.979. The first kappa shape index (κ1) is 17.0. The molecule has 3 aliphatic rings. The molecule has 0 spiro atoms. The van der Waals surface area contributed by atoms with Gasteiger partial charge in [-0.1, -0.05) is 5.16 Å².